The number of anilines is 1. The molecule has 2 aliphatic rings. The molecule has 0 spiro atoms. The second-order valence-electron chi connectivity index (χ2n) is 5.98. The first-order valence-corrected chi connectivity index (χ1v) is 7.98. The Kier molecular flexibility index (Phi) is 3.56. The molecular formula is C15H21BrN2O. The lowest BCUT2D eigenvalue weighted by molar-refractivity contribution is -0.0613. The smallest absolute Gasteiger partial charge is 0.128 e. The van der Waals surface area contributed by atoms with Gasteiger partial charge in [-0.2, -0.15) is 0 Å². The minimum atomic E-state index is -0.404. The van der Waals surface area contributed by atoms with Crippen LogP contribution >= 0.6 is 15.9 Å². The van der Waals surface area contributed by atoms with Gasteiger partial charge in [-0.3, -0.25) is 0 Å². The van der Waals surface area contributed by atoms with Crippen molar-refractivity contribution < 1.29 is 5.11 Å². The van der Waals surface area contributed by atoms with E-state index in [-0.39, 0.29) is 0 Å². The van der Waals surface area contributed by atoms with Gasteiger partial charge < -0.3 is 10.0 Å². The Bertz CT molecular complexity index is 479. The van der Waals surface area contributed by atoms with Crippen molar-refractivity contribution in [2.45, 2.75) is 44.6 Å². The van der Waals surface area contributed by atoms with Crippen LogP contribution in [0, 0.1) is 12.8 Å². The summed E-state index contributed by atoms with van der Waals surface area (Å²) in [4.78, 5) is 6.99. The second-order valence-corrected chi connectivity index (χ2v) is 6.83. The molecule has 2 atom stereocenters. The van der Waals surface area contributed by atoms with Gasteiger partial charge in [0.2, 0.25) is 0 Å². The molecule has 2 heterocycles. The van der Waals surface area contributed by atoms with E-state index in [1.807, 2.05) is 6.92 Å². The average molecular weight is 325 g/mol. The maximum atomic E-state index is 10.7. The Hall–Kier alpha value is -0.610. The number of fused-ring (bicyclic) bond motifs is 1. The van der Waals surface area contributed by atoms with Crippen LogP contribution in [0.5, 0.6) is 0 Å². The summed E-state index contributed by atoms with van der Waals surface area (Å²) >= 11 is 3.50. The Morgan fingerprint density at radius 2 is 2.21 bits per heavy atom. The molecule has 104 valence electrons. The molecule has 3 nitrogen and oxygen atoms in total. The summed E-state index contributed by atoms with van der Waals surface area (Å²) in [7, 11) is 0. The molecule has 2 unspecified atom stereocenters. The summed E-state index contributed by atoms with van der Waals surface area (Å²) < 4.78 is 1.06. The number of rotatable bonds is 1. The van der Waals surface area contributed by atoms with Crippen LogP contribution in [0.15, 0.2) is 16.6 Å². The standard InChI is InChI=1S/C15H21BrN2O/c1-11-13(16)5-6-14(17-11)18-9-8-15(19)7-3-2-4-12(15)10-18/h5-6,12,19H,2-4,7-10H2,1H3. The highest BCUT2D eigenvalue weighted by molar-refractivity contribution is 9.10. The number of hydrogen-bond donors (Lipinski definition) is 1. The number of aryl methyl sites for hydroxylation is 1. The maximum Gasteiger partial charge on any atom is 0.128 e. The van der Waals surface area contributed by atoms with Crippen LogP contribution < -0.4 is 4.90 Å². The van der Waals surface area contributed by atoms with Crippen LogP contribution in [0.4, 0.5) is 5.82 Å². The first-order valence-electron chi connectivity index (χ1n) is 7.19. The lowest BCUT2D eigenvalue weighted by Gasteiger charge is -2.47. The van der Waals surface area contributed by atoms with Crippen molar-refractivity contribution >= 4 is 21.7 Å². The Morgan fingerprint density at radius 3 is 3.00 bits per heavy atom. The zero-order chi connectivity index (χ0) is 13.5. The highest BCUT2D eigenvalue weighted by atomic mass is 79.9. The monoisotopic (exact) mass is 324 g/mol. The quantitative estimate of drug-likeness (QED) is 0.861. The molecule has 0 aromatic carbocycles. The summed E-state index contributed by atoms with van der Waals surface area (Å²) in [6.45, 7) is 3.89. The summed E-state index contributed by atoms with van der Waals surface area (Å²) in [5.41, 5.74) is 0.626. The molecule has 1 saturated carbocycles. The summed E-state index contributed by atoms with van der Waals surface area (Å²) in [6.07, 6.45) is 5.46. The van der Waals surface area contributed by atoms with Gasteiger partial charge in [0, 0.05) is 23.5 Å². The predicted molar refractivity (Wildman–Crippen MR) is 80.4 cm³/mol. The van der Waals surface area contributed by atoms with Gasteiger partial charge in [-0.25, -0.2) is 4.98 Å². The molecule has 1 aromatic heterocycles. The van der Waals surface area contributed by atoms with Gasteiger partial charge in [-0.05, 0) is 54.2 Å². The average Bonchev–Trinajstić information content (AvgIpc) is 2.41. The van der Waals surface area contributed by atoms with Crippen LogP contribution in [0.3, 0.4) is 0 Å². The van der Waals surface area contributed by atoms with E-state index < -0.39 is 5.60 Å². The van der Waals surface area contributed by atoms with Gasteiger partial charge in [-0.1, -0.05) is 12.8 Å². The fourth-order valence-corrected chi connectivity index (χ4v) is 3.71. The van der Waals surface area contributed by atoms with E-state index in [1.165, 1.54) is 12.8 Å². The molecule has 1 N–H and O–H groups in total. The zero-order valence-electron chi connectivity index (χ0n) is 11.4. The highest BCUT2D eigenvalue weighted by Crippen LogP contribution is 2.40. The van der Waals surface area contributed by atoms with Crippen molar-refractivity contribution in [2.24, 2.45) is 5.92 Å². The molecule has 19 heavy (non-hydrogen) atoms. The molecule has 1 aromatic rings. The van der Waals surface area contributed by atoms with Crippen molar-refractivity contribution in [2.75, 3.05) is 18.0 Å². The first kappa shape index (κ1) is 13.4. The predicted octanol–water partition coefficient (Wildman–Crippen LogP) is 3.28. The van der Waals surface area contributed by atoms with Crippen molar-refractivity contribution in [1.29, 1.82) is 0 Å². The fourth-order valence-electron chi connectivity index (χ4n) is 3.49. The summed E-state index contributed by atoms with van der Waals surface area (Å²) in [5.74, 6) is 1.47. The lowest BCUT2D eigenvalue weighted by Crippen LogP contribution is -2.53. The molecule has 2 fully saturated rings. The van der Waals surface area contributed by atoms with Crippen molar-refractivity contribution in [3.8, 4) is 0 Å². The minimum absolute atomic E-state index is 0.404. The van der Waals surface area contributed by atoms with Gasteiger partial charge in [0.1, 0.15) is 5.82 Å². The molecule has 1 aliphatic heterocycles. The van der Waals surface area contributed by atoms with Crippen LogP contribution in [-0.2, 0) is 0 Å². The number of aromatic nitrogens is 1. The number of nitrogens with zero attached hydrogens (tertiary/aromatic N) is 2. The largest absolute Gasteiger partial charge is 0.389 e. The molecule has 0 bridgehead atoms. The van der Waals surface area contributed by atoms with Crippen LogP contribution in [0.25, 0.3) is 0 Å². The molecule has 4 heteroatoms. The Morgan fingerprint density at radius 1 is 1.37 bits per heavy atom. The molecule has 1 aliphatic carbocycles. The number of hydrogen-bond acceptors (Lipinski definition) is 3. The number of halogens is 1. The Labute approximate surface area is 123 Å². The van der Waals surface area contributed by atoms with E-state index >= 15 is 0 Å². The molecular weight excluding hydrogens is 304 g/mol. The van der Waals surface area contributed by atoms with E-state index in [1.54, 1.807) is 0 Å². The molecule has 0 radical (unpaired) electrons. The topological polar surface area (TPSA) is 36.4 Å². The third kappa shape index (κ3) is 2.52. The van der Waals surface area contributed by atoms with Crippen molar-refractivity contribution in [3.63, 3.8) is 0 Å². The molecule has 3 rings (SSSR count). The zero-order valence-corrected chi connectivity index (χ0v) is 13.0. The minimum Gasteiger partial charge on any atom is -0.389 e. The van der Waals surface area contributed by atoms with Crippen LogP contribution in [0.1, 0.15) is 37.8 Å². The fraction of sp³-hybridized carbons (Fsp3) is 0.667. The van der Waals surface area contributed by atoms with E-state index in [0.717, 1.165) is 48.3 Å². The van der Waals surface area contributed by atoms with Gasteiger partial charge >= 0.3 is 0 Å². The van der Waals surface area contributed by atoms with Gasteiger partial charge in [0.05, 0.1) is 11.3 Å². The molecule has 0 amide bonds. The summed E-state index contributed by atoms with van der Waals surface area (Å²) in [5, 5.41) is 10.7. The highest BCUT2D eigenvalue weighted by Gasteiger charge is 2.42. The van der Waals surface area contributed by atoms with Gasteiger partial charge in [0.25, 0.3) is 0 Å². The van der Waals surface area contributed by atoms with Gasteiger partial charge in [-0.15, -0.1) is 0 Å². The van der Waals surface area contributed by atoms with Gasteiger partial charge in [0.15, 0.2) is 0 Å². The summed E-state index contributed by atoms with van der Waals surface area (Å²) in [6, 6.07) is 4.14. The third-order valence-electron chi connectivity index (χ3n) is 4.76. The maximum absolute atomic E-state index is 10.7. The Balaban J connectivity index is 1.78. The number of piperidine rings is 1. The van der Waals surface area contributed by atoms with Crippen LogP contribution in [0.2, 0.25) is 0 Å². The molecule has 1 saturated heterocycles. The van der Waals surface area contributed by atoms with Crippen LogP contribution in [-0.4, -0.2) is 28.8 Å². The third-order valence-corrected chi connectivity index (χ3v) is 5.60. The second kappa shape index (κ2) is 5.06. The van der Waals surface area contributed by atoms with Crippen molar-refractivity contribution in [1.82, 2.24) is 4.98 Å². The number of aliphatic hydroxyl groups is 1. The number of pyridine rings is 1. The van der Waals surface area contributed by atoms with E-state index in [4.69, 9.17) is 0 Å². The lowest BCUT2D eigenvalue weighted by atomic mass is 9.71. The SMILES string of the molecule is Cc1nc(N2CCC3(O)CCCCC3C2)ccc1Br. The van der Waals surface area contributed by atoms with E-state index in [9.17, 15) is 5.11 Å². The van der Waals surface area contributed by atoms with E-state index in [2.05, 4.69) is 37.9 Å². The first-order chi connectivity index (χ1) is 9.08. The van der Waals surface area contributed by atoms with E-state index in [0.29, 0.717) is 5.92 Å². The normalized spacial score (nSPS) is 31.1. The van der Waals surface area contributed by atoms with Crippen molar-refractivity contribution in [3.05, 3.63) is 22.3 Å².